The van der Waals surface area contributed by atoms with Gasteiger partial charge < -0.3 is 9.47 Å². The fraction of sp³-hybridized carbons (Fsp3) is 0.200. The Hall–Kier alpha value is -1.90. The molecular formula is C15H15BO2. The van der Waals surface area contributed by atoms with Crippen molar-refractivity contribution in [3.63, 3.8) is 0 Å². The molecule has 0 amide bonds. The standard InChI is InChI=1S/C15H15BO2/c16-12-11-15(17-13-7-3-1-4-8-13)18-14-9-5-2-6-10-14/h1-10,15H,11-12H2. The molecule has 0 aliphatic rings. The highest BCUT2D eigenvalue weighted by Gasteiger charge is 2.10. The van der Waals surface area contributed by atoms with Crippen molar-refractivity contribution in [1.82, 2.24) is 0 Å². The molecule has 0 unspecified atom stereocenters. The van der Waals surface area contributed by atoms with Crippen LogP contribution in [0.1, 0.15) is 6.42 Å². The lowest BCUT2D eigenvalue weighted by atomic mass is 10.0. The predicted octanol–water partition coefficient (Wildman–Crippen LogP) is 3.45. The van der Waals surface area contributed by atoms with Gasteiger partial charge in [0.05, 0.1) is 7.85 Å². The fourth-order valence-electron chi connectivity index (χ4n) is 1.58. The quantitative estimate of drug-likeness (QED) is 0.566. The second-order valence-electron chi connectivity index (χ2n) is 3.87. The van der Waals surface area contributed by atoms with Gasteiger partial charge in [-0.1, -0.05) is 42.7 Å². The highest BCUT2D eigenvalue weighted by molar-refractivity contribution is 6.08. The zero-order chi connectivity index (χ0) is 12.6. The van der Waals surface area contributed by atoms with E-state index in [1.165, 1.54) is 0 Å². The van der Waals surface area contributed by atoms with Crippen LogP contribution in [0.2, 0.25) is 6.32 Å². The summed E-state index contributed by atoms with van der Waals surface area (Å²) in [6.45, 7) is 0. The first-order valence-electron chi connectivity index (χ1n) is 6.02. The Kier molecular flexibility index (Phi) is 4.71. The summed E-state index contributed by atoms with van der Waals surface area (Å²) in [4.78, 5) is 0. The topological polar surface area (TPSA) is 18.5 Å². The number of rotatable bonds is 6. The van der Waals surface area contributed by atoms with Crippen LogP contribution in [0.3, 0.4) is 0 Å². The Balaban J connectivity index is 2.00. The van der Waals surface area contributed by atoms with E-state index < -0.39 is 0 Å². The highest BCUT2D eigenvalue weighted by atomic mass is 16.7. The number of benzene rings is 2. The summed E-state index contributed by atoms with van der Waals surface area (Å²) in [5.41, 5.74) is 0. The molecule has 0 atom stereocenters. The maximum Gasteiger partial charge on any atom is 0.240 e. The van der Waals surface area contributed by atoms with E-state index in [0.29, 0.717) is 12.7 Å². The van der Waals surface area contributed by atoms with Crippen LogP contribution in [0.25, 0.3) is 0 Å². The van der Waals surface area contributed by atoms with Gasteiger partial charge in [-0.15, -0.1) is 0 Å². The second-order valence-corrected chi connectivity index (χ2v) is 3.87. The first kappa shape index (κ1) is 12.6. The summed E-state index contributed by atoms with van der Waals surface area (Å²) in [6, 6.07) is 19.2. The molecule has 0 aliphatic carbocycles. The minimum atomic E-state index is -0.361. The molecule has 0 saturated carbocycles. The van der Waals surface area contributed by atoms with Crippen molar-refractivity contribution >= 4 is 7.85 Å². The molecule has 0 aromatic heterocycles. The Labute approximate surface area is 109 Å². The van der Waals surface area contributed by atoms with Gasteiger partial charge >= 0.3 is 0 Å². The number of ether oxygens (including phenoxy) is 2. The molecule has 3 heteroatoms. The van der Waals surface area contributed by atoms with Gasteiger partial charge in [-0.2, -0.15) is 0 Å². The van der Waals surface area contributed by atoms with E-state index in [0.717, 1.165) is 11.5 Å². The van der Waals surface area contributed by atoms with Gasteiger partial charge in [0.25, 0.3) is 0 Å². The van der Waals surface area contributed by atoms with Crippen LogP contribution < -0.4 is 9.47 Å². The molecule has 0 N–H and O–H groups in total. The molecule has 2 radical (unpaired) electrons. The molecule has 0 spiro atoms. The molecule has 0 saturated heterocycles. The van der Waals surface area contributed by atoms with Crippen LogP contribution in [0.15, 0.2) is 60.7 Å². The zero-order valence-corrected chi connectivity index (χ0v) is 10.2. The molecule has 0 heterocycles. The van der Waals surface area contributed by atoms with E-state index in [4.69, 9.17) is 17.3 Å². The fourth-order valence-corrected chi connectivity index (χ4v) is 1.58. The lowest BCUT2D eigenvalue weighted by Crippen LogP contribution is -2.23. The molecule has 2 aromatic rings. The average molecular weight is 238 g/mol. The van der Waals surface area contributed by atoms with Gasteiger partial charge in [0.1, 0.15) is 11.5 Å². The largest absolute Gasteiger partial charge is 0.455 e. The highest BCUT2D eigenvalue weighted by Crippen LogP contribution is 2.17. The monoisotopic (exact) mass is 238 g/mol. The van der Waals surface area contributed by atoms with E-state index >= 15 is 0 Å². The minimum absolute atomic E-state index is 0.361. The second kappa shape index (κ2) is 6.75. The minimum Gasteiger partial charge on any atom is -0.455 e. The molecule has 0 fully saturated rings. The van der Waals surface area contributed by atoms with E-state index in [2.05, 4.69) is 0 Å². The molecular weight excluding hydrogens is 223 g/mol. The Morgan fingerprint density at radius 3 is 1.61 bits per heavy atom. The van der Waals surface area contributed by atoms with Crippen molar-refractivity contribution in [1.29, 1.82) is 0 Å². The van der Waals surface area contributed by atoms with Crippen molar-refractivity contribution in [3.05, 3.63) is 60.7 Å². The summed E-state index contributed by atoms with van der Waals surface area (Å²) in [7, 11) is 5.58. The SMILES string of the molecule is [B]CCC(Oc1ccccc1)Oc1ccccc1. The van der Waals surface area contributed by atoms with E-state index in [-0.39, 0.29) is 6.29 Å². The molecule has 0 aliphatic heterocycles. The first-order chi connectivity index (χ1) is 8.88. The number of hydrogen-bond acceptors (Lipinski definition) is 2. The van der Waals surface area contributed by atoms with Crippen LogP contribution in [0, 0.1) is 0 Å². The lowest BCUT2D eigenvalue weighted by Gasteiger charge is -2.20. The zero-order valence-electron chi connectivity index (χ0n) is 10.2. The maximum absolute atomic E-state index is 5.76. The van der Waals surface area contributed by atoms with E-state index in [1.807, 2.05) is 60.7 Å². The molecule has 2 nitrogen and oxygen atoms in total. The van der Waals surface area contributed by atoms with Crippen LogP contribution in [-0.4, -0.2) is 14.1 Å². The van der Waals surface area contributed by atoms with Gasteiger partial charge in [-0.05, 0) is 24.3 Å². The van der Waals surface area contributed by atoms with Gasteiger partial charge in [-0.25, -0.2) is 0 Å². The first-order valence-corrected chi connectivity index (χ1v) is 6.02. The van der Waals surface area contributed by atoms with Crippen LogP contribution in [-0.2, 0) is 0 Å². The van der Waals surface area contributed by atoms with Crippen molar-refractivity contribution in [2.45, 2.75) is 19.0 Å². The van der Waals surface area contributed by atoms with E-state index in [1.54, 1.807) is 0 Å². The maximum atomic E-state index is 5.76. The van der Waals surface area contributed by atoms with Crippen LogP contribution >= 0.6 is 0 Å². The Morgan fingerprint density at radius 1 is 0.778 bits per heavy atom. The molecule has 0 bridgehead atoms. The Bertz CT molecular complexity index is 403. The van der Waals surface area contributed by atoms with Gasteiger partial charge in [0.2, 0.25) is 6.29 Å². The summed E-state index contributed by atoms with van der Waals surface area (Å²) < 4.78 is 11.5. The third-order valence-electron chi connectivity index (χ3n) is 2.42. The summed E-state index contributed by atoms with van der Waals surface area (Å²) in [5.74, 6) is 1.57. The Morgan fingerprint density at radius 2 is 1.22 bits per heavy atom. The number of hydrogen-bond donors (Lipinski definition) is 0. The molecule has 18 heavy (non-hydrogen) atoms. The number of para-hydroxylation sites is 2. The third-order valence-corrected chi connectivity index (χ3v) is 2.42. The van der Waals surface area contributed by atoms with Crippen molar-refractivity contribution < 1.29 is 9.47 Å². The van der Waals surface area contributed by atoms with Crippen LogP contribution in [0.4, 0.5) is 0 Å². The van der Waals surface area contributed by atoms with E-state index in [9.17, 15) is 0 Å². The summed E-state index contributed by atoms with van der Waals surface area (Å²) >= 11 is 0. The van der Waals surface area contributed by atoms with Crippen molar-refractivity contribution in [2.75, 3.05) is 0 Å². The molecule has 90 valence electrons. The normalized spacial score (nSPS) is 10.3. The average Bonchev–Trinajstić information content (AvgIpc) is 2.41. The lowest BCUT2D eigenvalue weighted by molar-refractivity contribution is 0.00347. The van der Waals surface area contributed by atoms with Gasteiger partial charge in [0.15, 0.2) is 0 Å². The molecule has 2 aromatic carbocycles. The summed E-state index contributed by atoms with van der Waals surface area (Å²) in [5, 5.41) is 0. The van der Waals surface area contributed by atoms with Crippen LogP contribution in [0.5, 0.6) is 11.5 Å². The summed E-state index contributed by atoms with van der Waals surface area (Å²) in [6.07, 6.45) is 0.800. The van der Waals surface area contributed by atoms with Crippen molar-refractivity contribution in [2.24, 2.45) is 0 Å². The molecule has 2 rings (SSSR count). The predicted molar refractivity (Wildman–Crippen MR) is 73.1 cm³/mol. The third kappa shape index (κ3) is 3.84. The van der Waals surface area contributed by atoms with Gasteiger partial charge in [0, 0.05) is 6.42 Å². The smallest absolute Gasteiger partial charge is 0.240 e. The van der Waals surface area contributed by atoms with Gasteiger partial charge in [-0.3, -0.25) is 0 Å². The van der Waals surface area contributed by atoms with Crippen molar-refractivity contribution in [3.8, 4) is 11.5 Å².